The van der Waals surface area contributed by atoms with Gasteiger partial charge in [0, 0.05) is 12.7 Å². The third-order valence-corrected chi connectivity index (χ3v) is 5.88. The lowest BCUT2D eigenvalue weighted by Crippen LogP contribution is -2.32. The standard InChI is InChI=1S/C19H22N2O3S2/c1-20-16(22)15(18(23)24-14-11-7-4-8-12-14)17(26-2)21(19(20)25)13-9-5-3-6-10-13/h3,5-6,9-10,14H,4,7-8,11-12H2,1-2H3. The van der Waals surface area contributed by atoms with Gasteiger partial charge in [0.15, 0.2) is 10.3 Å². The van der Waals surface area contributed by atoms with Crippen molar-refractivity contribution in [2.75, 3.05) is 6.26 Å². The fourth-order valence-corrected chi connectivity index (χ4v) is 4.35. The van der Waals surface area contributed by atoms with Crippen molar-refractivity contribution in [1.82, 2.24) is 9.13 Å². The van der Waals surface area contributed by atoms with Crippen LogP contribution in [0.3, 0.4) is 0 Å². The van der Waals surface area contributed by atoms with Crippen molar-refractivity contribution in [3.63, 3.8) is 0 Å². The number of hydrogen-bond acceptors (Lipinski definition) is 5. The van der Waals surface area contributed by atoms with Crippen LogP contribution in [0.2, 0.25) is 0 Å². The van der Waals surface area contributed by atoms with Crippen LogP contribution in [0.4, 0.5) is 0 Å². The molecule has 1 aromatic heterocycles. The molecule has 0 atom stereocenters. The third-order valence-electron chi connectivity index (χ3n) is 4.65. The highest BCUT2D eigenvalue weighted by atomic mass is 32.2. The van der Waals surface area contributed by atoms with Crippen LogP contribution in [0, 0.1) is 4.77 Å². The average molecular weight is 391 g/mol. The van der Waals surface area contributed by atoms with E-state index in [2.05, 4.69) is 0 Å². The lowest BCUT2D eigenvalue weighted by molar-refractivity contribution is 0.0202. The van der Waals surface area contributed by atoms with Gasteiger partial charge in [0.25, 0.3) is 5.56 Å². The fraction of sp³-hybridized carbons (Fsp3) is 0.421. The number of ether oxygens (including phenoxy) is 1. The van der Waals surface area contributed by atoms with Crippen LogP contribution in [0.15, 0.2) is 40.2 Å². The Labute approximate surface area is 162 Å². The van der Waals surface area contributed by atoms with E-state index in [1.54, 1.807) is 11.6 Å². The summed E-state index contributed by atoms with van der Waals surface area (Å²) < 4.78 is 9.12. The lowest BCUT2D eigenvalue weighted by Gasteiger charge is -2.23. The van der Waals surface area contributed by atoms with Crippen LogP contribution >= 0.6 is 24.0 Å². The number of rotatable bonds is 4. The van der Waals surface area contributed by atoms with Gasteiger partial charge in [-0.25, -0.2) is 4.79 Å². The summed E-state index contributed by atoms with van der Waals surface area (Å²) in [6, 6.07) is 9.50. The minimum Gasteiger partial charge on any atom is -0.459 e. The molecule has 1 heterocycles. The van der Waals surface area contributed by atoms with Crippen LogP contribution in [-0.2, 0) is 11.8 Å². The predicted molar refractivity (Wildman–Crippen MR) is 106 cm³/mol. The highest BCUT2D eigenvalue weighted by molar-refractivity contribution is 7.98. The first-order chi connectivity index (χ1) is 12.5. The quantitative estimate of drug-likeness (QED) is 0.340. The zero-order valence-electron chi connectivity index (χ0n) is 14.9. The summed E-state index contributed by atoms with van der Waals surface area (Å²) in [6.45, 7) is 0. The van der Waals surface area contributed by atoms with E-state index >= 15 is 0 Å². The molecular weight excluding hydrogens is 368 g/mol. The Balaban J connectivity index is 2.12. The van der Waals surface area contributed by atoms with E-state index in [0.717, 1.165) is 31.4 Å². The largest absolute Gasteiger partial charge is 0.459 e. The smallest absolute Gasteiger partial charge is 0.346 e. The molecule has 7 heteroatoms. The first-order valence-electron chi connectivity index (χ1n) is 8.71. The van der Waals surface area contributed by atoms with Gasteiger partial charge in [-0.1, -0.05) is 24.6 Å². The molecule has 1 aliphatic rings. The SMILES string of the molecule is CSc1c(C(=O)OC2CCCCC2)c(=O)n(C)c(=S)n1-c1ccccc1. The molecule has 26 heavy (non-hydrogen) atoms. The van der Waals surface area contributed by atoms with E-state index in [0.29, 0.717) is 9.80 Å². The maximum atomic E-state index is 12.9. The second-order valence-electron chi connectivity index (χ2n) is 6.37. The van der Waals surface area contributed by atoms with E-state index in [-0.39, 0.29) is 11.7 Å². The van der Waals surface area contributed by atoms with Gasteiger partial charge < -0.3 is 4.74 Å². The van der Waals surface area contributed by atoms with Gasteiger partial charge in [-0.3, -0.25) is 13.9 Å². The molecule has 0 unspecified atom stereocenters. The maximum Gasteiger partial charge on any atom is 0.346 e. The molecule has 2 aromatic rings. The Kier molecular flexibility index (Phi) is 5.98. The highest BCUT2D eigenvalue weighted by Gasteiger charge is 2.26. The molecule has 0 saturated heterocycles. The summed E-state index contributed by atoms with van der Waals surface area (Å²) >= 11 is 6.81. The Bertz CT molecular complexity index is 913. The Hall–Kier alpha value is -1.86. The number of esters is 1. The number of nitrogens with zero attached hydrogens (tertiary/aromatic N) is 2. The minimum atomic E-state index is -0.554. The van der Waals surface area contributed by atoms with Crippen molar-refractivity contribution >= 4 is 29.9 Å². The zero-order valence-corrected chi connectivity index (χ0v) is 16.6. The lowest BCUT2D eigenvalue weighted by atomic mass is 9.98. The molecular formula is C19H22N2O3S2. The third kappa shape index (κ3) is 3.64. The summed E-state index contributed by atoms with van der Waals surface area (Å²) in [6.07, 6.45) is 6.73. The number of aromatic nitrogens is 2. The predicted octanol–water partition coefficient (Wildman–Crippen LogP) is 4.12. The van der Waals surface area contributed by atoms with E-state index in [9.17, 15) is 9.59 Å². The van der Waals surface area contributed by atoms with E-state index in [4.69, 9.17) is 17.0 Å². The Morgan fingerprint density at radius 2 is 1.85 bits per heavy atom. The van der Waals surface area contributed by atoms with Gasteiger partial charge in [-0.2, -0.15) is 0 Å². The summed E-state index contributed by atoms with van der Waals surface area (Å²) in [5.74, 6) is -0.554. The van der Waals surface area contributed by atoms with Crippen LogP contribution in [0.5, 0.6) is 0 Å². The first-order valence-corrected chi connectivity index (χ1v) is 10.3. The first kappa shape index (κ1) is 18.9. The molecule has 0 spiro atoms. The molecule has 1 saturated carbocycles. The second kappa shape index (κ2) is 8.22. The molecule has 0 amide bonds. The van der Waals surface area contributed by atoms with Crippen LogP contribution in [-0.4, -0.2) is 27.5 Å². The van der Waals surface area contributed by atoms with Gasteiger partial charge in [0.1, 0.15) is 11.1 Å². The molecule has 1 aromatic carbocycles. The van der Waals surface area contributed by atoms with Gasteiger partial charge >= 0.3 is 5.97 Å². The molecule has 1 fully saturated rings. The summed E-state index contributed by atoms with van der Waals surface area (Å²) in [5, 5.41) is 0.519. The topological polar surface area (TPSA) is 53.2 Å². The normalized spacial score (nSPS) is 15.0. The molecule has 1 aliphatic carbocycles. The highest BCUT2D eigenvalue weighted by Crippen LogP contribution is 2.26. The molecule has 0 bridgehead atoms. The van der Waals surface area contributed by atoms with Crippen molar-refractivity contribution in [1.29, 1.82) is 0 Å². The Morgan fingerprint density at radius 1 is 1.19 bits per heavy atom. The summed E-state index contributed by atoms with van der Waals surface area (Å²) in [5.41, 5.74) is 0.458. The van der Waals surface area contributed by atoms with Crippen molar-refractivity contribution in [2.24, 2.45) is 7.05 Å². The summed E-state index contributed by atoms with van der Waals surface area (Å²) in [7, 11) is 1.59. The average Bonchev–Trinajstić information content (AvgIpc) is 2.67. The minimum absolute atomic E-state index is 0.0584. The van der Waals surface area contributed by atoms with Gasteiger partial charge in [0.2, 0.25) is 0 Å². The second-order valence-corrected chi connectivity index (χ2v) is 7.53. The van der Waals surface area contributed by atoms with Crippen molar-refractivity contribution in [3.8, 4) is 5.69 Å². The van der Waals surface area contributed by atoms with Crippen molar-refractivity contribution in [3.05, 3.63) is 51.0 Å². The monoisotopic (exact) mass is 390 g/mol. The van der Waals surface area contributed by atoms with Crippen LogP contribution in [0.1, 0.15) is 42.5 Å². The van der Waals surface area contributed by atoms with Gasteiger partial charge in [-0.15, -0.1) is 11.8 Å². The van der Waals surface area contributed by atoms with Gasteiger partial charge in [-0.05, 0) is 56.3 Å². The number of carbonyl (C=O) groups excluding carboxylic acids is 1. The number of carbonyl (C=O) groups is 1. The summed E-state index contributed by atoms with van der Waals surface area (Å²) in [4.78, 5) is 25.7. The number of hydrogen-bond donors (Lipinski definition) is 0. The molecule has 0 aliphatic heterocycles. The zero-order chi connectivity index (χ0) is 18.7. The Morgan fingerprint density at radius 3 is 2.46 bits per heavy atom. The van der Waals surface area contributed by atoms with E-state index in [1.807, 2.05) is 36.6 Å². The fourth-order valence-electron chi connectivity index (χ4n) is 3.26. The molecule has 0 N–H and O–H groups in total. The van der Waals surface area contributed by atoms with E-state index in [1.165, 1.54) is 22.7 Å². The molecule has 0 radical (unpaired) electrons. The number of benzene rings is 1. The van der Waals surface area contributed by atoms with Gasteiger partial charge in [0.05, 0.1) is 0 Å². The number of thioether (sulfide) groups is 1. The van der Waals surface area contributed by atoms with Crippen molar-refractivity contribution < 1.29 is 9.53 Å². The van der Waals surface area contributed by atoms with E-state index < -0.39 is 11.5 Å². The maximum absolute atomic E-state index is 12.9. The molecule has 3 rings (SSSR count). The molecule has 5 nitrogen and oxygen atoms in total. The van der Waals surface area contributed by atoms with Crippen LogP contribution < -0.4 is 5.56 Å². The van der Waals surface area contributed by atoms with Crippen LogP contribution in [0.25, 0.3) is 5.69 Å². The number of para-hydroxylation sites is 1. The molecule has 138 valence electrons. The van der Waals surface area contributed by atoms with Crippen molar-refractivity contribution in [2.45, 2.75) is 43.2 Å².